The molecule has 2 amide bonds. The van der Waals surface area contributed by atoms with Gasteiger partial charge in [0.2, 0.25) is 5.91 Å². The zero-order valence-corrected chi connectivity index (χ0v) is 24.6. The van der Waals surface area contributed by atoms with Gasteiger partial charge in [0.15, 0.2) is 0 Å². The van der Waals surface area contributed by atoms with Gasteiger partial charge >= 0.3 is 6.18 Å². The van der Waals surface area contributed by atoms with Crippen molar-refractivity contribution in [1.29, 1.82) is 0 Å². The molecule has 6 rings (SSSR count). The van der Waals surface area contributed by atoms with Gasteiger partial charge in [-0.1, -0.05) is 24.3 Å². The number of nitrogens with one attached hydrogen (secondary N) is 2. The topological polar surface area (TPSA) is 131 Å². The fraction of sp³-hybridized carbons (Fsp3) is 0.344. The maximum Gasteiger partial charge on any atom is 0.416 e. The minimum atomic E-state index is -4.55. The predicted molar refractivity (Wildman–Crippen MR) is 165 cm³/mol. The van der Waals surface area contributed by atoms with Crippen LogP contribution in [0.3, 0.4) is 0 Å². The molecule has 234 valence electrons. The first-order chi connectivity index (χ1) is 21.6. The molecule has 0 unspecified atom stereocenters. The van der Waals surface area contributed by atoms with E-state index >= 15 is 0 Å². The Kier molecular flexibility index (Phi) is 8.28. The molecule has 45 heavy (non-hydrogen) atoms. The molecule has 1 fully saturated rings. The van der Waals surface area contributed by atoms with Crippen molar-refractivity contribution in [2.75, 3.05) is 31.2 Å². The molecule has 0 spiro atoms. The number of anilines is 2. The number of hydrogen-bond acceptors (Lipinski definition) is 7. The predicted octanol–water partition coefficient (Wildman–Crippen LogP) is 5.30. The molecule has 2 aliphatic rings. The molecule has 0 saturated heterocycles. The fourth-order valence-electron chi connectivity index (χ4n) is 6.07. The number of nitrogens with zero attached hydrogens (tertiary/aromatic N) is 5. The molecule has 1 aliphatic heterocycles. The van der Waals surface area contributed by atoms with Crippen LogP contribution in [0, 0.1) is 0 Å². The van der Waals surface area contributed by atoms with Gasteiger partial charge in [0.25, 0.3) is 5.91 Å². The molecule has 3 aromatic heterocycles. The second-order valence-electron chi connectivity index (χ2n) is 11.6. The molecule has 1 aromatic carbocycles. The Morgan fingerprint density at radius 3 is 2.71 bits per heavy atom. The first-order valence-electron chi connectivity index (χ1n) is 14.8. The van der Waals surface area contributed by atoms with Crippen molar-refractivity contribution in [2.24, 2.45) is 0 Å². The molecule has 10 nitrogen and oxygen atoms in total. The van der Waals surface area contributed by atoms with E-state index in [1.165, 1.54) is 0 Å². The third-order valence-electron chi connectivity index (χ3n) is 8.28. The minimum absolute atomic E-state index is 0.0114. The smallest absolute Gasteiger partial charge is 0.383 e. The number of alkyl halides is 3. The van der Waals surface area contributed by atoms with Crippen LogP contribution in [0.5, 0.6) is 0 Å². The van der Waals surface area contributed by atoms with E-state index < -0.39 is 17.6 Å². The average Bonchev–Trinajstić information content (AvgIpc) is 3.42. The number of aromatic nitrogens is 4. The number of carbonyl (C=O) groups is 2. The Morgan fingerprint density at radius 1 is 1.13 bits per heavy atom. The maximum atomic E-state index is 13.1. The quantitative estimate of drug-likeness (QED) is 0.284. The number of amides is 2. The van der Waals surface area contributed by atoms with Gasteiger partial charge in [-0.2, -0.15) is 18.3 Å². The Labute approximate surface area is 257 Å². The van der Waals surface area contributed by atoms with Crippen molar-refractivity contribution in [2.45, 2.75) is 50.4 Å². The van der Waals surface area contributed by atoms with E-state index in [1.807, 2.05) is 22.7 Å². The van der Waals surface area contributed by atoms with Crippen molar-refractivity contribution < 1.29 is 22.8 Å². The second kappa shape index (κ2) is 12.3. The number of pyridine rings is 2. The summed E-state index contributed by atoms with van der Waals surface area (Å²) in [6.07, 6.45) is 6.45. The molecular weight excluding hydrogens is 585 g/mol. The molecule has 2 bridgehead atoms. The first-order valence-corrected chi connectivity index (χ1v) is 14.8. The summed E-state index contributed by atoms with van der Waals surface area (Å²) >= 11 is 0. The van der Waals surface area contributed by atoms with E-state index in [-0.39, 0.29) is 29.4 Å². The van der Waals surface area contributed by atoms with Crippen LogP contribution in [0.25, 0.3) is 28.2 Å². The third-order valence-corrected chi connectivity index (χ3v) is 8.28. The largest absolute Gasteiger partial charge is 0.416 e. The highest BCUT2D eigenvalue weighted by molar-refractivity contribution is 6.06. The molecule has 2 atom stereocenters. The van der Waals surface area contributed by atoms with E-state index in [4.69, 9.17) is 10.8 Å². The molecular formula is C32H33F3N8O2. The molecule has 13 heteroatoms. The Hall–Kier alpha value is -4.78. The van der Waals surface area contributed by atoms with E-state index in [0.29, 0.717) is 29.0 Å². The molecule has 4 heterocycles. The molecule has 4 aromatic rings. The lowest BCUT2D eigenvalue weighted by Gasteiger charge is -2.31. The summed E-state index contributed by atoms with van der Waals surface area (Å²) in [6, 6.07) is 8.28. The zero-order chi connectivity index (χ0) is 31.7. The summed E-state index contributed by atoms with van der Waals surface area (Å²) in [7, 11) is 1.93. The Morgan fingerprint density at radius 2 is 1.93 bits per heavy atom. The van der Waals surface area contributed by atoms with Gasteiger partial charge in [-0.25, -0.2) is 9.97 Å². The number of likely N-dealkylation sites (N-methyl/N-ethyl adjacent to an activating group) is 1. The molecule has 0 radical (unpaired) electrons. The lowest BCUT2D eigenvalue weighted by atomic mass is 9.90. The first kappa shape index (κ1) is 30.3. The number of benzene rings is 1. The Bertz CT molecular complexity index is 1770. The minimum Gasteiger partial charge on any atom is -0.383 e. The number of hydrogen-bond donors (Lipinski definition) is 3. The summed E-state index contributed by atoms with van der Waals surface area (Å²) in [5.74, 6) is -0.470. The number of rotatable bonds is 3. The van der Waals surface area contributed by atoms with Crippen LogP contribution in [-0.4, -0.2) is 62.6 Å². The third kappa shape index (κ3) is 6.53. The van der Waals surface area contributed by atoms with Crippen LogP contribution >= 0.6 is 0 Å². The van der Waals surface area contributed by atoms with Crippen molar-refractivity contribution in [3.63, 3.8) is 0 Å². The fourth-order valence-corrected chi connectivity index (χ4v) is 6.07. The van der Waals surface area contributed by atoms with Crippen molar-refractivity contribution in [3.05, 3.63) is 71.6 Å². The van der Waals surface area contributed by atoms with Crippen molar-refractivity contribution >= 4 is 40.4 Å². The normalized spacial score (nSPS) is 20.3. The van der Waals surface area contributed by atoms with Crippen LogP contribution in [0.2, 0.25) is 0 Å². The van der Waals surface area contributed by atoms with Gasteiger partial charge in [-0.05, 0) is 63.4 Å². The Balaban J connectivity index is 1.36. The standard InChI is InChI=1S/C32H33F3N8O2/c1-42-14-3-2-5-21-17-38-30(36)27-28(41-43(29(21)27)24-7-4-6-23(16-24)39-26(44)18-42)19-8-10-20(11-9-19)31(45)40-25-15-22(12-13-37-25)32(33,34)35/h2,5,8-13,15,17,23-24H,3-4,6-7,14,16,18H2,1H3,(H2,36,38)(H,39,44)(H,37,40,45)/b5-2+/t23-,24-/m1/s1. The SMILES string of the molecule is CN1CC/C=C/c2cnc(N)c3c(-c4ccc(C(=O)Nc5cc(C(F)(F)F)ccn5)cc4)nn(c23)[C@@H]2CCC[C@H](C2)NC(=O)C1. The zero-order valence-electron chi connectivity index (χ0n) is 24.6. The summed E-state index contributed by atoms with van der Waals surface area (Å²) in [5, 5.41) is 11.4. The highest BCUT2D eigenvalue weighted by Gasteiger charge is 2.31. The van der Waals surface area contributed by atoms with Gasteiger partial charge in [0.05, 0.1) is 29.1 Å². The van der Waals surface area contributed by atoms with Crippen LogP contribution in [-0.2, 0) is 11.0 Å². The average molecular weight is 619 g/mol. The highest BCUT2D eigenvalue weighted by Crippen LogP contribution is 2.39. The number of fused-ring (bicyclic) bond motifs is 3. The summed E-state index contributed by atoms with van der Waals surface area (Å²) < 4.78 is 41.3. The van der Waals surface area contributed by atoms with Crippen LogP contribution in [0.15, 0.2) is 54.9 Å². The van der Waals surface area contributed by atoms with Crippen LogP contribution in [0.4, 0.5) is 24.8 Å². The summed E-state index contributed by atoms with van der Waals surface area (Å²) in [6.45, 7) is 1.06. The van der Waals surface area contributed by atoms with Gasteiger partial charge in [0.1, 0.15) is 17.3 Å². The van der Waals surface area contributed by atoms with E-state index in [9.17, 15) is 22.8 Å². The highest BCUT2D eigenvalue weighted by atomic mass is 19.4. The van der Waals surface area contributed by atoms with E-state index in [2.05, 4.69) is 26.7 Å². The second-order valence-corrected chi connectivity index (χ2v) is 11.6. The monoisotopic (exact) mass is 618 g/mol. The van der Waals surface area contributed by atoms with Crippen LogP contribution < -0.4 is 16.4 Å². The van der Waals surface area contributed by atoms with Gasteiger partial charge in [0, 0.05) is 41.7 Å². The maximum absolute atomic E-state index is 13.1. The van der Waals surface area contributed by atoms with Crippen molar-refractivity contribution in [3.8, 4) is 11.3 Å². The number of halogens is 3. The number of nitrogens with two attached hydrogens (primary N) is 1. The summed E-state index contributed by atoms with van der Waals surface area (Å²) in [5.41, 5.74) is 8.85. The summed E-state index contributed by atoms with van der Waals surface area (Å²) in [4.78, 5) is 35.9. The van der Waals surface area contributed by atoms with Gasteiger partial charge in [-0.15, -0.1) is 0 Å². The van der Waals surface area contributed by atoms with Gasteiger partial charge < -0.3 is 16.4 Å². The van der Waals surface area contributed by atoms with E-state index in [1.54, 1.807) is 30.5 Å². The van der Waals surface area contributed by atoms with Crippen molar-refractivity contribution in [1.82, 2.24) is 30.0 Å². The lowest BCUT2D eigenvalue weighted by Crippen LogP contribution is -2.43. The van der Waals surface area contributed by atoms with E-state index in [0.717, 1.165) is 68.1 Å². The lowest BCUT2D eigenvalue weighted by molar-refractivity contribution is -0.137. The number of nitrogen functional groups attached to an aromatic ring is 1. The molecule has 4 N–H and O–H groups in total. The molecule has 1 saturated carbocycles. The molecule has 1 aliphatic carbocycles. The number of carbonyl (C=O) groups excluding carboxylic acids is 2. The van der Waals surface area contributed by atoms with Gasteiger partial charge in [-0.3, -0.25) is 19.2 Å². The van der Waals surface area contributed by atoms with Crippen LogP contribution in [0.1, 0.15) is 59.6 Å².